The lowest BCUT2D eigenvalue weighted by Gasteiger charge is -2.37. The van der Waals surface area contributed by atoms with Gasteiger partial charge in [0.25, 0.3) is 0 Å². The number of hydrogen-bond acceptors (Lipinski definition) is 4. The Bertz CT molecular complexity index is 249. The fraction of sp³-hybridized carbons (Fsp3) is 0.900. The van der Waals surface area contributed by atoms with Gasteiger partial charge in [-0.2, -0.15) is 0 Å². The van der Waals surface area contributed by atoms with Crippen LogP contribution in [0.3, 0.4) is 0 Å². The van der Waals surface area contributed by atoms with Crippen molar-refractivity contribution in [2.75, 3.05) is 0 Å². The van der Waals surface area contributed by atoms with E-state index < -0.39 is 18.6 Å². The second kappa shape index (κ2) is 5.66. The number of carboxylic acid groups (broad SMARTS) is 1. The number of aliphatic carboxylic acids is 1. The lowest BCUT2D eigenvalue weighted by molar-refractivity contribution is -0.147. The number of hydrogen-bond donors (Lipinski definition) is 4. The summed E-state index contributed by atoms with van der Waals surface area (Å²) in [7, 11) is -1.31. The van der Waals surface area contributed by atoms with E-state index in [1.165, 1.54) is 0 Å². The van der Waals surface area contributed by atoms with Gasteiger partial charge in [0.05, 0.1) is 0 Å². The van der Waals surface area contributed by atoms with E-state index in [1.54, 1.807) is 0 Å². The van der Waals surface area contributed by atoms with Gasteiger partial charge in [-0.1, -0.05) is 19.3 Å². The van der Waals surface area contributed by atoms with Gasteiger partial charge in [-0.05, 0) is 31.5 Å². The topological polar surface area (TPSA) is 104 Å². The van der Waals surface area contributed by atoms with Gasteiger partial charge in [0.1, 0.15) is 5.54 Å². The lowest BCUT2D eigenvalue weighted by atomic mass is 9.70. The first-order valence-corrected chi connectivity index (χ1v) is 5.85. The van der Waals surface area contributed by atoms with Gasteiger partial charge in [0.15, 0.2) is 0 Å². The zero-order valence-corrected chi connectivity index (χ0v) is 9.43. The summed E-state index contributed by atoms with van der Waals surface area (Å²) in [4.78, 5) is 11.2. The molecule has 6 heteroatoms. The summed E-state index contributed by atoms with van der Waals surface area (Å²) in [6.45, 7) is 0. The Kier molecular flexibility index (Phi) is 4.77. The van der Waals surface area contributed by atoms with Gasteiger partial charge in [-0.15, -0.1) is 0 Å². The molecule has 0 radical (unpaired) electrons. The molecule has 0 heterocycles. The molecule has 2 atom stereocenters. The molecule has 1 saturated carbocycles. The van der Waals surface area contributed by atoms with Crippen LogP contribution in [-0.2, 0) is 4.79 Å². The van der Waals surface area contributed by atoms with Gasteiger partial charge in [0.2, 0.25) is 0 Å². The van der Waals surface area contributed by atoms with Gasteiger partial charge in [-0.25, -0.2) is 0 Å². The molecule has 1 fully saturated rings. The summed E-state index contributed by atoms with van der Waals surface area (Å²) in [5.74, 6) is -0.973. The Morgan fingerprint density at radius 2 is 2.12 bits per heavy atom. The second-order valence-corrected chi connectivity index (χ2v) is 4.70. The van der Waals surface area contributed by atoms with Crippen LogP contribution in [0, 0.1) is 5.92 Å². The van der Waals surface area contributed by atoms with Crippen molar-refractivity contribution in [3.63, 3.8) is 0 Å². The maximum Gasteiger partial charge on any atom is 0.451 e. The van der Waals surface area contributed by atoms with Crippen LogP contribution in [0.1, 0.15) is 38.5 Å². The summed E-state index contributed by atoms with van der Waals surface area (Å²) in [5, 5.41) is 26.6. The quantitative estimate of drug-likeness (QED) is 0.504. The van der Waals surface area contributed by atoms with E-state index in [9.17, 15) is 4.79 Å². The SMILES string of the molecule is N[C@@]1(C(=O)O)CCCC[C@H]1CCCB(O)O. The van der Waals surface area contributed by atoms with E-state index >= 15 is 0 Å². The predicted molar refractivity (Wildman–Crippen MR) is 60.7 cm³/mol. The molecule has 5 N–H and O–H groups in total. The maximum atomic E-state index is 11.2. The molecule has 0 spiro atoms. The summed E-state index contributed by atoms with van der Waals surface area (Å²) in [6.07, 6.45) is 4.76. The van der Waals surface area contributed by atoms with Crippen LogP contribution in [0.15, 0.2) is 0 Å². The molecule has 1 aliphatic rings. The van der Waals surface area contributed by atoms with Crippen LogP contribution in [0.25, 0.3) is 0 Å². The highest BCUT2D eigenvalue weighted by Crippen LogP contribution is 2.35. The van der Waals surface area contributed by atoms with Gasteiger partial charge < -0.3 is 20.9 Å². The Balaban J connectivity index is 2.51. The molecule has 0 amide bonds. The van der Waals surface area contributed by atoms with Crippen molar-refractivity contribution in [1.82, 2.24) is 0 Å². The fourth-order valence-electron chi connectivity index (χ4n) is 2.50. The molecule has 16 heavy (non-hydrogen) atoms. The molecule has 0 saturated heterocycles. The van der Waals surface area contributed by atoms with E-state index in [-0.39, 0.29) is 12.2 Å². The van der Waals surface area contributed by atoms with Crippen molar-refractivity contribution in [1.29, 1.82) is 0 Å². The molecule has 0 aromatic heterocycles. The highest BCUT2D eigenvalue weighted by Gasteiger charge is 2.43. The summed E-state index contributed by atoms with van der Waals surface area (Å²) < 4.78 is 0. The number of rotatable bonds is 5. The third kappa shape index (κ3) is 3.20. The molecular formula is C10H20BNO4. The molecule has 5 nitrogen and oxygen atoms in total. The minimum atomic E-state index is -1.31. The summed E-state index contributed by atoms with van der Waals surface area (Å²) in [6, 6.07) is 0. The zero-order valence-electron chi connectivity index (χ0n) is 9.43. The normalized spacial score (nSPS) is 30.1. The standard InChI is InChI=1S/C10H20BNO4/c12-10(9(13)14)6-2-1-4-8(10)5-3-7-11(15)16/h8,15-16H,1-7,12H2,(H,13,14)/t8-,10-/m0/s1. The Morgan fingerprint density at radius 1 is 1.44 bits per heavy atom. The van der Waals surface area contributed by atoms with E-state index in [4.69, 9.17) is 20.9 Å². The van der Waals surface area contributed by atoms with Crippen LogP contribution >= 0.6 is 0 Å². The average molecular weight is 229 g/mol. The molecule has 1 aliphatic carbocycles. The van der Waals surface area contributed by atoms with Crippen molar-refractivity contribution < 1.29 is 19.9 Å². The molecule has 0 unspecified atom stereocenters. The number of nitrogens with two attached hydrogens (primary N) is 1. The second-order valence-electron chi connectivity index (χ2n) is 4.70. The lowest BCUT2D eigenvalue weighted by Crippen LogP contribution is -2.55. The van der Waals surface area contributed by atoms with E-state index in [0.29, 0.717) is 19.3 Å². The third-order valence-corrected chi connectivity index (χ3v) is 3.53. The van der Waals surface area contributed by atoms with Crippen molar-refractivity contribution in [2.45, 2.75) is 50.4 Å². The number of carboxylic acids is 1. The smallest absolute Gasteiger partial charge is 0.451 e. The first kappa shape index (κ1) is 13.5. The van der Waals surface area contributed by atoms with Crippen molar-refractivity contribution in [3.05, 3.63) is 0 Å². The summed E-state index contributed by atoms with van der Waals surface area (Å²) >= 11 is 0. The van der Waals surface area contributed by atoms with Crippen LogP contribution < -0.4 is 5.73 Å². The first-order valence-electron chi connectivity index (χ1n) is 5.85. The molecular weight excluding hydrogens is 209 g/mol. The van der Waals surface area contributed by atoms with Crippen LogP contribution in [0.2, 0.25) is 6.32 Å². The highest BCUT2D eigenvalue weighted by molar-refractivity contribution is 6.40. The first-order chi connectivity index (χ1) is 7.47. The number of carbonyl (C=O) groups is 1. The average Bonchev–Trinajstić information content (AvgIpc) is 2.20. The van der Waals surface area contributed by atoms with E-state index in [2.05, 4.69) is 0 Å². The molecule has 0 aromatic rings. The zero-order chi connectivity index (χ0) is 12.2. The maximum absolute atomic E-state index is 11.2. The molecule has 0 bridgehead atoms. The van der Waals surface area contributed by atoms with E-state index in [0.717, 1.165) is 19.3 Å². The minimum Gasteiger partial charge on any atom is -0.480 e. The Morgan fingerprint density at radius 3 is 2.69 bits per heavy atom. The van der Waals surface area contributed by atoms with Gasteiger partial charge in [-0.3, -0.25) is 4.79 Å². The summed E-state index contributed by atoms with van der Waals surface area (Å²) in [5.41, 5.74) is 4.83. The monoisotopic (exact) mass is 229 g/mol. The molecule has 1 rings (SSSR count). The molecule has 92 valence electrons. The third-order valence-electron chi connectivity index (χ3n) is 3.53. The van der Waals surface area contributed by atoms with Crippen molar-refractivity contribution in [3.8, 4) is 0 Å². The van der Waals surface area contributed by atoms with Crippen LogP contribution in [-0.4, -0.2) is 33.8 Å². The molecule has 0 aliphatic heterocycles. The Hall–Kier alpha value is -0.585. The fourth-order valence-corrected chi connectivity index (χ4v) is 2.50. The van der Waals surface area contributed by atoms with E-state index in [1.807, 2.05) is 0 Å². The van der Waals surface area contributed by atoms with Crippen LogP contribution in [0.5, 0.6) is 0 Å². The highest BCUT2D eigenvalue weighted by atomic mass is 16.4. The van der Waals surface area contributed by atoms with Gasteiger partial charge in [0, 0.05) is 0 Å². The Labute approximate surface area is 95.8 Å². The molecule has 0 aromatic carbocycles. The van der Waals surface area contributed by atoms with Crippen LogP contribution in [0.4, 0.5) is 0 Å². The minimum absolute atomic E-state index is 0.0440. The van der Waals surface area contributed by atoms with Crippen molar-refractivity contribution in [2.24, 2.45) is 11.7 Å². The predicted octanol–water partition coefficient (Wildman–Crippen LogP) is 0.212. The van der Waals surface area contributed by atoms with Crippen molar-refractivity contribution >= 4 is 13.1 Å². The van der Waals surface area contributed by atoms with Gasteiger partial charge >= 0.3 is 13.1 Å². The largest absolute Gasteiger partial charge is 0.480 e.